The Hall–Kier alpha value is -2.19. The van der Waals surface area contributed by atoms with Gasteiger partial charge < -0.3 is 5.32 Å². The Kier molecular flexibility index (Phi) is 9.09. The maximum Gasteiger partial charge on any atom is 0.251 e. The van der Waals surface area contributed by atoms with Crippen molar-refractivity contribution in [1.29, 1.82) is 0 Å². The van der Waals surface area contributed by atoms with E-state index in [1.807, 2.05) is 30.3 Å². The third-order valence-corrected chi connectivity index (χ3v) is 7.60. The maximum atomic E-state index is 12.4. The van der Waals surface area contributed by atoms with Crippen LogP contribution in [0.2, 0.25) is 10.0 Å². The largest absolute Gasteiger partial charge is 0.351 e. The van der Waals surface area contributed by atoms with Crippen LogP contribution in [0.4, 0.5) is 5.69 Å². The van der Waals surface area contributed by atoms with E-state index in [1.165, 1.54) is 9.87 Å². The van der Waals surface area contributed by atoms with E-state index in [-0.39, 0.29) is 12.5 Å². The zero-order valence-corrected chi connectivity index (χ0v) is 21.1. The summed E-state index contributed by atoms with van der Waals surface area (Å²) in [5, 5.41) is 4.10. The second-order valence-corrected chi connectivity index (χ2v) is 11.2. The zero-order valence-electron chi connectivity index (χ0n) is 18.0. The van der Waals surface area contributed by atoms with Crippen LogP contribution in [0.3, 0.4) is 0 Å². The zero-order chi connectivity index (χ0) is 23.8. The summed E-state index contributed by atoms with van der Waals surface area (Å²) in [6, 6.07) is 21.3. The molecule has 0 saturated carbocycles. The molecule has 0 atom stereocenters. The molecule has 0 fully saturated rings. The Morgan fingerprint density at radius 3 is 2.27 bits per heavy atom. The summed E-state index contributed by atoms with van der Waals surface area (Å²) in [7, 11) is -3.55. The van der Waals surface area contributed by atoms with E-state index in [9.17, 15) is 13.2 Å². The molecule has 0 unspecified atom stereocenters. The number of halogens is 2. The topological polar surface area (TPSA) is 66.5 Å². The summed E-state index contributed by atoms with van der Waals surface area (Å²) in [5.41, 5.74) is 2.81. The van der Waals surface area contributed by atoms with Crippen molar-refractivity contribution in [3.63, 3.8) is 0 Å². The smallest absolute Gasteiger partial charge is 0.251 e. The lowest BCUT2D eigenvalue weighted by atomic mass is 10.1. The SMILES string of the molecule is CS(=O)(=O)N(Cc1ccccc1Cl)c1ccc(C(=O)NCCSCc2ccc(Cl)cc2)cc1. The standard InChI is InChI=1S/C24H24Cl2N2O3S2/c1-33(30,31)28(16-20-4-2-3-5-23(20)26)22-12-8-19(9-13-22)24(29)27-14-15-32-17-18-6-10-21(25)11-7-18/h2-13H,14-17H2,1H3,(H,27,29). The molecule has 0 aromatic heterocycles. The van der Waals surface area contributed by atoms with Crippen molar-refractivity contribution < 1.29 is 13.2 Å². The summed E-state index contributed by atoms with van der Waals surface area (Å²) in [6.07, 6.45) is 1.15. The highest BCUT2D eigenvalue weighted by Crippen LogP contribution is 2.24. The second kappa shape index (κ2) is 11.8. The Balaban J connectivity index is 1.55. The van der Waals surface area contributed by atoms with Gasteiger partial charge in [-0.3, -0.25) is 9.10 Å². The van der Waals surface area contributed by atoms with Crippen LogP contribution in [-0.4, -0.2) is 32.9 Å². The van der Waals surface area contributed by atoms with Gasteiger partial charge in [-0.25, -0.2) is 8.42 Å². The Bertz CT molecular complexity index is 1190. The van der Waals surface area contributed by atoms with Crippen molar-refractivity contribution in [1.82, 2.24) is 5.32 Å². The highest BCUT2D eigenvalue weighted by atomic mass is 35.5. The lowest BCUT2D eigenvalue weighted by molar-refractivity contribution is 0.0956. The molecule has 0 radical (unpaired) electrons. The fraction of sp³-hybridized carbons (Fsp3) is 0.208. The molecule has 9 heteroatoms. The van der Waals surface area contributed by atoms with Gasteiger partial charge >= 0.3 is 0 Å². The lowest BCUT2D eigenvalue weighted by Gasteiger charge is -2.23. The first kappa shape index (κ1) is 25.4. The second-order valence-electron chi connectivity index (χ2n) is 7.34. The number of anilines is 1. The molecule has 33 heavy (non-hydrogen) atoms. The van der Waals surface area contributed by atoms with Gasteiger partial charge in [-0.1, -0.05) is 53.5 Å². The Morgan fingerprint density at radius 1 is 0.970 bits per heavy atom. The molecular weight excluding hydrogens is 499 g/mol. The third-order valence-electron chi connectivity index (χ3n) is 4.80. The molecule has 3 rings (SSSR count). The van der Waals surface area contributed by atoms with E-state index in [4.69, 9.17) is 23.2 Å². The summed E-state index contributed by atoms with van der Waals surface area (Å²) >= 11 is 13.8. The van der Waals surface area contributed by atoms with Gasteiger partial charge in [0.15, 0.2) is 0 Å². The molecule has 3 aromatic rings. The number of sulfonamides is 1. The van der Waals surface area contributed by atoms with Gasteiger partial charge in [0, 0.05) is 33.7 Å². The minimum absolute atomic E-state index is 0.106. The fourth-order valence-electron chi connectivity index (χ4n) is 3.07. The highest BCUT2D eigenvalue weighted by Gasteiger charge is 2.19. The van der Waals surface area contributed by atoms with Gasteiger partial charge in [0.1, 0.15) is 0 Å². The summed E-state index contributed by atoms with van der Waals surface area (Å²) in [6.45, 7) is 0.635. The molecule has 0 heterocycles. The average molecular weight is 524 g/mol. The predicted octanol–water partition coefficient (Wildman–Crippen LogP) is 5.62. The number of benzene rings is 3. The van der Waals surface area contributed by atoms with E-state index >= 15 is 0 Å². The van der Waals surface area contributed by atoms with E-state index in [1.54, 1.807) is 54.2 Å². The van der Waals surface area contributed by atoms with Crippen molar-refractivity contribution in [2.75, 3.05) is 22.9 Å². The summed E-state index contributed by atoms with van der Waals surface area (Å²) < 4.78 is 26.0. The van der Waals surface area contributed by atoms with Crippen LogP contribution in [0.5, 0.6) is 0 Å². The van der Waals surface area contributed by atoms with Crippen LogP contribution in [0.1, 0.15) is 21.5 Å². The van der Waals surface area contributed by atoms with Crippen LogP contribution in [0, 0.1) is 0 Å². The normalized spacial score (nSPS) is 11.2. The number of amides is 1. The molecule has 0 spiro atoms. The quantitative estimate of drug-likeness (QED) is 0.350. The molecule has 0 bridgehead atoms. The van der Waals surface area contributed by atoms with E-state index < -0.39 is 10.0 Å². The average Bonchev–Trinajstić information content (AvgIpc) is 2.79. The van der Waals surface area contributed by atoms with Gasteiger partial charge in [0.2, 0.25) is 10.0 Å². The molecule has 5 nitrogen and oxygen atoms in total. The van der Waals surface area contributed by atoms with Crippen LogP contribution in [-0.2, 0) is 22.3 Å². The van der Waals surface area contributed by atoms with Gasteiger partial charge in [0.25, 0.3) is 5.91 Å². The molecule has 1 amide bonds. The number of hydrogen-bond donors (Lipinski definition) is 1. The van der Waals surface area contributed by atoms with E-state index in [0.717, 1.165) is 17.8 Å². The van der Waals surface area contributed by atoms with Gasteiger partial charge in [-0.15, -0.1) is 0 Å². The number of carbonyl (C=O) groups excluding carboxylic acids is 1. The fourth-order valence-corrected chi connectivity index (χ4v) is 5.09. The molecule has 0 aliphatic rings. The maximum absolute atomic E-state index is 12.4. The number of carbonyl (C=O) groups is 1. The van der Waals surface area contributed by atoms with Crippen LogP contribution in [0.15, 0.2) is 72.8 Å². The number of rotatable bonds is 10. The van der Waals surface area contributed by atoms with Crippen molar-refractivity contribution in [3.8, 4) is 0 Å². The summed E-state index contributed by atoms with van der Waals surface area (Å²) in [5.74, 6) is 1.41. The van der Waals surface area contributed by atoms with Gasteiger partial charge in [-0.2, -0.15) is 11.8 Å². The van der Waals surface area contributed by atoms with Crippen molar-refractivity contribution in [3.05, 3.63) is 99.5 Å². The molecular formula is C24H24Cl2N2O3S2. The lowest BCUT2D eigenvalue weighted by Crippen LogP contribution is -2.29. The van der Waals surface area contributed by atoms with Crippen LogP contribution in [0.25, 0.3) is 0 Å². The number of thioether (sulfide) groups is 1. The predicted molar refractivity (Wildman–Crippen MR) is 139 cm³/mol. The first-order chi connectivity index (χ1) is 15.7. The van der Waals surface area contributed by atoms with E-state index in [0.29, 0.717) is 33.4 Å². The first-order valence-electron chi connectivity index (χ1n) is 10.2. The number of nitrogens with one attached hydrogen (secondary N) is 1. The molecule has 174 valence electrons. The van der Waals surface area contributed by atoms with E-state index in [2.05, 4.69) is 5.32 Å². The van der Waals surface area contributed by atoms with Crippen molar-refractivity contribution in [2.45, 2.75) is 12.3 Å². The monoisotopic (exact) mass is 522 g/mol. The van der Waals surface area contributed by atoms with Gasteiger partial charge in [0.05, 0.1) is 18.5 Å². The van der Waals surface area contributed by atoms with Gasteiger partial charge in [-0.05, 0) is 53.6 Å². The Labute approximate surface area is 209 Å². The molecule has 0 aliphatic heterocycles. The molecule has 0 saturated heterocycles. The number of hydrogen-bond acceptors (Lipinski definition) is 4. The summed E-state index contributed by atoms with van der Waals surface area (Å²) in [4.78, 5) is 12.4. The van der Waals surface area contributed by atoms with Crippen molar-refractivity contribution >= 4 is 56.6 Å². The van der Waals surface area contributed by atoms with Crippen molar-refractivity contribution in [2.24, 2.45) is 0 Å². The molecule has 0 aliphatic carbocycles. The first-order valence-corrected chi connectivity index (χ1v) is 13.9. The highest BCUT2D eigenvalue weighted by molar-refractivity contribution is 7.98. The van der Waals surface area contributed by atoms with Crippen LogP contribution < -0.4 is 9.62 Å². The molecule has 3 aromatic carbocycles. The third kappa shape index (κ3) is 7.67. The molecule has 1 N–H and O–H groups in total. The number of nitrogens with zero attached hydrogens (tertiary/aromatic N) is 1. The minimum Gasteiger partial charge on any atom is -0.351 e. The Morgan fingerprint density at radius 2 is 1.64 bits per heavy atom. The van der Waals surface area contributed by atoms with Crippen LogP contribution >= 0.6 is 35.0 Å². The minimum atomic E-state index is -3.55.